The summed E-state index contributed by atoms with van der Waals surface area (Å²) in [7, 11) is 0. The Morgan fingerprint density at radius 1 is 1.40 bits per heavy atom. The molecular weight excluding hydrogens is 122 g/mol. The van der Waals surface area contributed by atoms with Gasteiger partial charge in [-0.05, 0) is 31.7 Å². The molecule has 1 saturated heterocycles. The minimum absolute atomic E-state index is 0.834. The van der Waals surface area contributed by atoms with Gasteiger partial charge in [0.05, 0.1) is 0 Å². The molecule has 0 amide bonds. The molecule has 1 fully saturated rings. The molecule has 2 atom stereocenters. The maximum Gasteiger partial charge on any atom is 0.00671 e. The Hall–Kier alpha value is -0.0400. The molecule has 1 aliphatic heterocycles. The van der Waals surface area contributed by atoms with E-state index >= 15 is 0 Å². The fourth-order valence-corrected chi connectivity index (χ4v) is 1.65. The van der Waals surface area contributed by atoms with Crippen LogP contribution in [0.2, 0.25) is 0 Å². The zero-order chi connectivity index (χ0) is 7.40. The van der Waals surface area contributed by atoms with Gasteiger partial charge in [-0.2, -0.15) is 0 Å². The van der Waals surface area contributed by atoms with Gasteiger partial charge < -0.3 is 5.32 Å². The normalized spacial score (nSPS) is 34.2. The molecule has 1 aliphatic rings. The van der Waals surface area contributed by atoms with E-state index < -0.39 is 0 Å². The van der Waals surface area contributed by atoms with E-state index in [2.05, 4.69) is 19.2 Å². The van der Waals surface area contributed by atoms with Crippen LogP contribution in [-0.2, 0) is 0 Å². The third-order valence-electron chi connectivity index (χ3n) is 2.40. The number of rotatable bonds is 2. The molecule has 0 radical (unpaired) electrons. The minimum Gasteiger partial charge on any atom is -0.314 e. The van der Waals surface area contributed by atoms with E-state index in [1.54, 1.807) is 0 Å². The Labute approximate surface area is 64.2 Å². The summed E-state index contributed by atoms with van der Waals surface area (Å²) < 4.78 is 0. The summed E-state index contributed by atoms with van der Waals surface area (Å²) in [6, 6.07) is 0.834. The minimum atomic E-state index is 0.834. The predicted molar refractivity (Wildman–Crippen MR) is 45.1 cm³/mol. The Balaban J connectivity index is 2.13. The predicted octanol–water partition coefficient (Wildman–Crippen LogP) is 2.17. The highest BCUT2D eigenvalue weighted by molar-refractivity contribution is 4.74. The second-order valence-electron chi connectivity index (χ2n) is 3.58. The van der Waals surface area contributed by atoms with Crippen LogP contribution in [0.1, 0.15) is 39.5 Å². The zero-order valence-corrected chi connectivity index (χ0v) is 7.19. The molecule has 1 nitrogen and oxygen atoms in total. The van der Waals surface area contributed by atoms with E-state index in [1.807, 2.05) is 0 Å². The lowest BCUT2D eigenvalue weighted by atomic mass is 9.94. The summed E-state index contributed by atoms with van der Waals surface area (Å²) in [4.78, 5) is 0. The lowest BCUT2D eigenvalue weighted by Crippen LogP contribution is -2.37. The molecule has 1 heterocycles. The first-order valence-corrected chi connectivity index (χ1v) is 4.56. The molecule has 0 aromatic heterocycles. The van der Waals surface area contributed by atoms with Crippen LogP contribution in [0.25, 0.3) is 0 Å². The van der Waals surface area contributed by atoms with Crippen LogP contribution in [0.15, 0.2) is 0 Å². The van der Waals surface area contributed by atoms with Gasteiger partial charge in [0.1, 0.15) is 0 Å². The first kappa shape index (κ1) is 8.06. The van der Waals surface area contributed by atoms with Crippen LogP contribution in [-0.4, -0.2) is 12.6 Å². The van der Waals surface area contributed by atoms with Crippen LogP contribution >= 0.6 is 0 Å². The van der Waals surface area contributed by atoms with E-state index in [9.17, 15) is 0 Å². The fourth-order valence-electron chi connectivity index (χ4n) is 1.65. The summed E-state index contributed by atoms with van der Waals surface area (Å²) in [5.41, 5.74) is 0. The van der Waals surface area contributed by atoms with Crippen molar-refractivity contribution >= 4 is 0 Å². The van der Waals surface area contributed by atoms with Gasteiger partial charge in [0.15, 0.2) is 0 Å². The zero-order valence-electron chi connectivity index (χ0n) is 7.19. The molecule has 1 N–H and O–H groups in total. The SMILES string of the molecule is CCC[C@H]1CC[C@H](C)CN1. The largest absolute Gasteiger partial charge is 0.314 e. The van der Waals surface area contributed by atoms with Gasteiger partial charge in [-0.15, -0.1) is 0 Å². The Morgan fingerprint density at radius 3 is 2.70 bits per heavy atom. The molecular formula is C9H19N. The molecule has 0 bridgehead atoms. The van der Waals surface area contributed by atoms with Gasteiger partial charge in [0.25, 0.3) is 0 Å². The van der Waals surface area contributed by atoms with Crippen molar-refractivity contribution in [3.63, 3.8) is 0 Å². The van der Waals surface area contributed by atoms with Crippen LogP contribution in [0.4, 0.5) is 0 Å². The van der Waals surface area contributed by atoms with Crippen molar-refractivity contribution in [3.8, 4) is 0 Å². The topological polar surface area (TPSA) is 12.0 Å². The average Bonchev–Trinajstić information content (AvgIpc) is 1.95. The molecule has 0 unspecified atom stereocenters. The van der Waals surface area contributed by atoms with Crippen molar-refractivity contribution in [3.05, 3.63) is 0 Å². The maximum absolute atomic E-state index is 3.57. The highest BCUT2D eigenvalue weighted by atomic mass is 14.9. The molecule has 0 aromatic rings. The van der Waals surface area contributed by atoms with Crippen molar-refractivity contribution in [1.82, 2.24) is 5.32 Å². The fraction of sp³-hybridized carbons (Fsp3) is 1.00. The van der Waals surface area contributed by atoms with Crippen LogP contribution in [0.3, 0.4) is 0 Å². The molecule has 0 aliphatic carbocycles. The second kappa shape index (κ2) is 3.97. The third kappa shape index (κ3) is 2.30. The lowest BCUT2D eigenvalue weighted by molar-refractivity contribution is 0.314. The summed E-state index contributed by atoms with van der Waals surface area (Å²) in [5, 5.41) is 3.57. The molecule has 0 spiro atoms. The van der Waals surface area contributed by atoms with E-state index in [4.69, 9.17) is 0 Å². The molecule has 10 heavy (non-hydrogen) atoms. The van der Waals surface area contributed by atoms with Crippen molar-refractivity contribution in [1.29, 1.82) is 0 Å². The Bertz CT molecular complexity index is 82.7. The standard InChI is InChI=1S/C9H19N/c1-3-4-9-6-5-8(2)7-10-9/h8-10H,3-7H2,1-2H3/t8-,9-/m0/s1. The average molecular weight is 141 g/mol. The monoisotopic (exact) mass is 141 g/mol. The molecule has 0 saturated carbocycles. The first-order chi connectivity index (χ1) is 4.83. The summed E-state index contributed by atoms with van der Waals surface area (Å²) >= 11 is 0. The molecule has 60 valence electrons. The Kier molecular flexibility index (Phi) is 3.20. The summed E-state index contributed by atoms with van der Waals surface area (Å²) in [6.07, 6.45) is 5.52. The second-order valence-corrected chi connectivity index (χ2v) is 3.58. The highest BCUT2D eigenvalue weighted by Crippen LogP contribution is 2.15. The molecule has 0 aromatic carbocycles. The number of hydrogen-bond donors (Lipinski definition) is 1. The summed E-state index contributed by atoms with van der Waals surface area (Å²) in [6.45, 7) is 5.83. The molecule has 1 rings (SSSR count). The Morgan fingerprint density at radius 2 is 2.20 bits per heavy atom. The van der Waals surface area contributed by atoms with E-state index in [0.717, 1.165) is 12.0 Å². The first-order valence-electron chi connectivity index (χ1n) is 4.56. The third-order valence-corrected chi connectivity index (χ3v) is 2.40. The van der Waals surface area contributed by atoms with Gasteiger partial charge in [0.2, 0.25) is 0 Å². The van der Waals surface area contributed by atoms with Crippen LogP contribution in [0, 0.1) is 5.92 Å². The van der Waals surface area contributed by atoms with Gasteiger partial charge in [-0.25, -0.2) is 0 Å². The van der Waals surface area contributed by atoms with Crippen LogP contribution in [0.5, 0.6) is 0 Å². The van der Waals surface area contributed by atoms with E-state index in [-0.39, 0.29) is 0 Å². The van der Waals surface area contributed by atoms with Crippen molar-refractivity contribution in [2.75, 3.05) is 6.54 Å². The number of nitrogens with one attached hydrogen (secondary N) is 1. The van der Waals surface area contributed by atoms with Gasteiger partial charge in [-0.3, -0.25) is 0 Å². The highest BCUT2D eigenvalue weighted by Gasteiger charge is 2.15. The lowest BCUT2D eigenvalue weighted by Gasteiger charge is -2.27. The van der Waals surface area contributed by atoms with Crippen molar-refractivity contribution in [2.24, 2.45) is 5.92 Å². The number of piperidine rings is 1. The quantitative estimate of drug-likeness (QED) is 0.621. The van der Waals surface area contributed by atoms with Gasteiger partial charge >= 0.3 is 0 Å². The smallest absolute Gasteiger partial charge is 0.00671 e. The van der Waals surface area contributed by atoms with E-state index in [1.165, 1.54) is 32.2 Å². The molecule has 1 heteroatoms. The van der Waals surface area contributed by atoms with Crippen LogP contribution < -0.4 is 5.32 Å². The van der Waals surface area contributed by atoms with Gasteiger partial charge in [-0.1, -0.05) is 20.3 Å². The van der Waals surface area contributed by atoms with Crippen molar-refractivity contribution in [2.45, 2.75) is 45.6 Å². The van der Waals surface area contributed by atoms with Gasteiger partial charge in [0, 0.05) is 6.04 Å². The number of hydrogen-bond acceptors (Lipinski definition) is 1. The maximum atomic E-state index is 3.57. The van der Waals surface area contributed by atoms with E-state index in [0.29, 0.717) is 0 Å². The summed E-state index contributed by atoms with van der Waals surface area (Å²) in [5.74, 6) is 0.910. The van der Waals surface area contributed by atoms with Crippen molar-refractivity contribution < 1.29 is 0 Å².